The highest BCUT2D eigenvalue weighted by Crippen LogP contribution is 2.37. The molecule has 0 saturated carbocycles. The van der Waals surface area contributed by atoms with Crippen LogP contribution in [0, 0.1) is 10.1 Å². The molecule has 1 N–H and O–H groups in total. The number of amides is 1. The lowest BCUT2D eigenvalue weighted by atomic mass is 10.1. The van der Waals surface area contributed by atoms with Crippen molar-refractivity contribution in [1.82, 2.24) is 29.9 Å². The summed E-state index contributed by atoms with van der Waals surface area (Å²) in [5.74, 6) is 0. The van der Waals surface area contributed by atoms with E-state index in [2.05, 4.69) is 25.6 Å². The van der Waals surface area contributed by atoms with Crippen LogP contribution in [0.1, 0.15) is 22.6 Å². The van der Waals surface area contributed by atoms with Gasteiger partial charge in [-0.1, -0.05) is 17.3 Å². The number of hydrogen-bond donors (Lipinski definition) is 1. The Morgan fingerprint density at radius 2 is 1.59 bits per heavy atom. The maximum Gasteiger partial charge on any atom is 0.423 e. The maximum atomic E-state index is 13.2. The van der Waals surface area contributed by atoms with Crippen LogP contribution in [0.5, 0.6) is 0 Å². The molecule has 37 heavy (non-hydrogen) atoms. The number of carbonyl (C=O) groups is 1. The molecule has 0 aliphatic rings. The second-order valence-electron chi connectivity index (χ2n) is 7.86. The van der Waals surface area contributed by atoms with Crippen LogP contribution in [0.4, 0.5) is 29.3 Å². The summed E-state index contributed by atoms with van der Waals surface area (Å²) in [6.45, 7) is 1.19. The predicted octanol–water partition coefficient (Wildman–Crippen LogP) is 4.28. The van der Waals surface area contributed by atoms with Crippen LogP contribution in [0.2, 0.25) is 0 Å². The first-order chi connectivity index (χ1) is 17.7. The molecule has 0 atom stereocenters. The van der Waals surface area contributed by atoms with Gasteiger partial charge in [-0.2, -0.15) is 17.9 Å². The van der Waals surface area contributed by atoms with Crippen LogP contribution in [-0.4, -0.2) is 40.8 Å². The van der Waals surface area contributed by atoms with E-state index in [0.717, 1.165) is 22.1 Å². The number of nitrogens with one attached hydrogen (secondary N) is 1. The summed E-state index contributed by atoms with van der Waals surface area (Å²) < 4.78 is 40.5. The van der Waals surface area contributed by atoms with Crippen molar-refractivity contribution >= 4 is 17.4 Å². The number of benzene rings is 1. The summed E-state index contributed by atoms with van der Waals surface area (Å²) in [6, 6.07) is 12.4. The van der Waals surface area contributed by atoms with Gasteiger partial charge in [0.15, 0.2) is 0 Å². The summed E-state index contributed by atoms with van der Waals surface area (Å²) in [5, 5.41) is 20.9. The number of rotatable bonds is 8. The molecule has 3 aromatic heterocycles. The van der Waals surface area contributed by atoms with Crippen molar-refractivity contribution in [3.8, 4) is 0 Å². The average Bonchev–Trinajstić information content (AvgIpc) is 3.33. The lowest BCUT2D eigenvalue weighted by Crippen LogP contribution is -2.24. The van der Waals surface area contributed by atoms with Gasteiger partial charge in [0.05, 0.1) is 28.2 Å². The molecule has 190 valence electrons. The van der Waals surface area contributed by atoms with Crippen molar-refractivity contribution in [3.63, 3.8) is 0 Å². The van der Waals surface area contributed by atoms with Crippen molar-refractivity contribution in [2.45, 2.75) is 25.8 Å². The molecule has 4 rings (SSSR count). The molecule has 0 aliphatic heterocycles. The van der Waals surface area contributed by atoms with Gasteiger partial charge in [0.1, 0.15) is 5.56 Å². The molecule has 1 amide bonds. The number of pyridine rings is 2. The smallest absolute Gasteiger partial charge is 0.306 e. The highest BCUT2D eigenvalue weighted by atomic mass is 19.4. The Kier molecular flexibility index (Phi) is 7.48. The largest absolute Gasteiger partial charge is 0.423 e. The standard InChI is InChI=1S/C23H19F3N8O3/c24-23(25,26)20-11-16(7-8-21(20)34(36)37)29-22(35)33-15-19(30-31-33)14-32(12-17-5-1-3-9-27-17)13-18-6-2-4-10-28-18/h1-11,15H,12-14H2,(H,29,35). The second kappa shape index (κ2) is 10.9. The Labute approximate surface area is 207 Å². The lowest BCUT2D eigenvalue weighted by molar-refractivity contribution is -0.388. The summed E-state index contributed by atoms with van der Waals surface area (Å²) in [5.41, 5.74) is -0.846. The van der Waals surface area contributed by atoms with Gasteiger partial charge in [0.2, 0.25) is 0 Å². The molecular weight excluding hydrogens is 493 g/mol. The van der Waals surface area contributed by atoms with Crippen molar-refractivity contribution < 1.29 is 22.9 Å². The van der Waals surface area contributed by atoms with E-state index in [0.29, 0.717) is 30.9 Å². The van der Waals surface area contributed by atoms with E-state index < -0.39 is 28.4 Å². The fourth-order valence-electron chi connectivity index (χ4n) is 3.49. The van der Waals surface area contributed by atoms with Crippen molar-refractivity contribution in [2.75, 3.05) is 5.32 Å². The molecule has 0 aliphatic carbocycles. The van der Waals surface area contributed by atoms with Crippen molar-refractivity contribution in [3.05, 3.63) is 106 Å². The Morgan fingerprint density at radius 1 is 0.973 bits per heavy atom. The zero-order chi connectivity index (χ0) is 26.4. The van der Waals surface area contributed by atoms with E-state index in [9.17, 15) is 28.1 Å². The molecule has 3 heterocycles. The van der Waals surface area contributed by atoms with Gasteiger partial charge in [-0.05, 0) is 36.4 Å². The summed E-state index contributed by atoms with van der Waals surface area (Å²) in [7, 11) is 0. The Balaban J connectivity index is 1.49. The Bertz CT molecular complexity index is 1340. The van der Waals surface area contributed by atoms with E-state index >= 15 is 0 Å². The van der Waals surface area contributed by atoms with Crippen molar-refractivity contribution in [2.24, 2.45) is 0 Å². The van der Waals surface area contributed by atoms with Gasteiger partial charge in [-0.15, -0.1) is 5.10 Å². The van der Waals surface area contributed by atoms with Crippen LogP contribution in [0.3, 0.4) is 0 Å². The first-order valence-electron chi connectivity index (χ1n) is 10.8. The quantitative estimate of drug-likeness (QED) is 0.273. The van der Waals surface area contributed by atoms with Gasteiger partial charge in [-0.3, -0.25) is 25.0 Å². The van der Waals surface area contributed by atoms with E-state index in [1.165, 1.54) is 6.20 Å². The number of carbonyl (C=O) groups excluding carboxylic acids is 1. The van der Waals surface area contributed by atoms with Gasteiger partial charge >= 0.3 is 12.2 Å². The lowest BCUT2D eigenvalue weighted by Gasteiger charge is -2.20. The number of halogens is 3. The fourth-order valence-corrected chi connectivity index (χ4v) is 3.49. The molecule has 14 heteroatoms. The minimum Gasteiger partial charge on any atom is -0.306 e. The van der Waals surface area contributed by atoms with Gasteiger partial charge in [0.25, 0.3) is 5.69 Å². The Morgan fingerprint density at radius 3 is 2.14 bits per heavy atom. The van der Waals surface area contributed by atoms with Crippen molar-refractivity contribution in [1.29, 1.82) is 0 Å². The topological polar surface area (TPSA) is 132 Å². The van der Waals surface area contributed by atoms with E-state index in [4.69, 9.17) is 0 Å². The number of nitro groups is 1. The second-order valence-corrected chi connectivity index (χ2v) is 7.86. The minimum absolute atomic E-state index is 0.274. The SMILES string of the molecule is O=C(Nc1ccc([N+](=O)[O-])c(C(F)(F)F)c1)n1cc(CN(Cc2ccccn2)Cc2ccccn2)nn1. The normalized spacial score (nSPS) is 11.5. The molecule has 4 aromatic rings. The molecule has 0 unspecified atom stereocenters. The van der Waals surface area contributed by atoms with Crippen LogP contribution in [0.25, 0.3) is 0 Å². The van der Waals surface area contributed by atoms with Crippen LogP contribution >= 0.6 is 0 Å². The van der Waals surface area contributed by atoms with Crippen LogP contribution in [-0.2, 0) is 25.8 Å². The number of aromatic nitrogens is 5. The number of nitro benzene ring substituents is 1. The zero-order valence-electron chi connectivity index (χ0n) is 19.0. The molecule has 0 radical (unpaired) electrons. The molecule has 0 fully saturated rings. The average molecular weight is 512 g/mol. The number of alkyl halides is 3. The molecule has 0 spiro atoms. The van der Waals surface area contributed by atoms with E-state index in [-0.39, 0.29) is 12.2 Å². The van der Waals surface area contributed by atoms with Crippen LogP contribution < -0.4 is 5.32 Å². The summed E-state index contributed by atoms with van der Waals surface area (Å²) >= 11 is 0. The zero-order valence-corrected chi connectivity index (χ0v) is 19.0. The first kappa shape index (κ1) is 25.4. The molecular formula is C23H19F3N8O3. The highest BCUT2D eigenvalue weighted by molar-refractivity contribution is 5.90. The third-order valence-corrected chi connectivity index (χ3v) is 5.11. The third-order valence-electron chi connectivity index (χ3n) is 5.11. The predicted molar refractivity (Wildman–Crippen MR) is 124 cm³/mol. The molecule has 11 nitrogen and oxygen atoms in total. The molecule has 0 saturated heterocycles. The monoisotopic (exact) mass is 512 g/mol. The minimum atomic E-state index is -4.98. The first-order valence-corrected chi connectivity index (χ1v) is 10.8. The Hall–Kier alpha value is -4.72. The van der Waals surface area contributed by atoms with E-state index in [1.54, 1.807) is 24.5 Å². The number of nitrogens with zero attached hydrogens (tertiary/aromatic N) is 7. The van der Waals surface area contributed by atoms with Crippen LogP contribution in [0.15, 0.2) is 73.2 Å². The van der Waals surface area contributed by atoms with Gasteiger partial charge in [-0.25, -0.2) is 4.79 Å². The van der Waals surface area contributed by atoms with E-state index in [1.807, 2.05) is 29.2 Å². The maximum absolute atomic E-state index is 13.2. The molecule has 1 aromatic carbocycles. The fraction of sp³-hybridized carbons (Fsp3) is 0.174. The molecule has 0 bridgehead atoms. The number of anilines is 1. The highest BCUT2D eigenvalue weighted by Gasteiger charge is 2.38. The third kappa shape index (κ3) is 6.70. The van der Waals surface area contributed by atoms with Gasteiger partial charge < -0.3 is 5.32 Å². The number of hydrogen-bond acceptors (Lipinski definition) is 8. The summed E-state index contributed by atoms with van der Waals surface area (Å²) in [6.07, 6.45) is -0.280. The summed E-state index contributed by atoms with van der Waals surface area (Å²) in [4.78, 5) is 33.0. The van der Waals surface area contributed by atoms with Gasteiger partial charge in [0, 0.05) is 43.8 Å².